The van der Waals surface area contributed by atoms with Crippen LogP contribution >= 0.6 is 0 Å². The second kappa shape index (κ2) is 10.5. The third-order valence-corrected chi connectivity index (χ3v) is 7.01. The van der Waals surface area contributed by atoms with Crippen molar-refractivity contribution in [3.8, 4) is 0 Å². The molecule has 1 saturated heterocycles. The van der Waals surface area contributed by atoms with Crippen molar-refractivity contribution in [2.45, 2.75) is 18.2 Å². The van der Waals surface area contributed by atoms with Crippen molar-refractivity contribution in [2.24, 2.45) is 0 Å². The molecule has 2 aromatic rings. The summed E-state index contributed by atoms with van der Waals surface area (Å²) >= 11 is 0. The molecule has 2 aromatic carbocycles. The summed E-state index contributed by atoms with van der Waals surface area (Å²) in [6, 6.07) is 16.9. The summed E-state index contributed by atoms with van der Waals surface area (Å²) in [7, 11) is -3.55. The molecule has 6 heteroatoms. The normalized spacial score (nSPS) is 16.4. The van der Waals surface area contributed by atoms with Crippen LogP contribution in [0.25, 0.3) is 12.2 Å². The maximum atomic E-state index is 13.0. The van der Waals surface area contributed by atoms with Gasteiger partial charge in [0.05, 0.1) is 4.90 Å². The molecule has 0 bridgehead atoms. The molecule has 1 aliphatic heterocycles. The van der Waals surface area contributed by atoms with E-state index in [1.54, 1.807) is 41.6 Å². The van der Waals surface area contributed by atoms with Gasteiger partial charge in [0.2, 0.25) is 10.0 Å². The van der Waals surface area contributed by atoms with Crippen LogP contribution in [0.4, 0.5) is 0 Å². The van der Waals surface area contributed by atoms with Crippen LogP contribution in [0.2, 0.25) is 0 Å². The zero-order valence-electron chi connectivity index (χ0n) is 17.3. The molecule has 0 aliphatic carbocycles. The zero-order chi connectivity index (χ0) is 21.4. The van der Waals surface area contributed by atoms with Gasteiger partial charge in [-0.2, -0.15) is 4.31 Å². The summed E-state index contributed by atoms with van der Waals surface area (Å²) in [5.41, 5.74) is 1.87. The number of hydrogen-bond acceptors (Lipinski definition) is 4. The van der Waals surface area contributed by atoms with Gasteiger partial charge in [0, 0.05) is 39.1 Å². The lowest BCUT2D eigenvalue weighted by molar-refractivity contribution is -0.114. The van der Waals surface area contributed by atoms with Crippen LogP contribution in [-0.4, -0.2) is 56.1 Å². The van der Waals surface area contributed by atoms with E-state index in [1.807, 2.05) is 18.2 Å². The van der Waals surface area contributed by atoms with Gasteiger partial charge in [-0.05, 0) is 29.3 Å². The van der Waals surface area contributed by atoms with Gasteiger partial charge in [0.1, 0.15) is 0 Å². The summed E-state index contributed by atoms with van der Waals surface area (Å²) in [5.74, 6) is 0.0145. The predicted octanol–water partition coefficient (Wildman–Crippen LogP) is 3.70. The number of nitrogens with zero attached hydrogens (tertiary/aromatic N) is 2. The van der Waals surface area contributed by atoms with Crippen molar-refractivity contribution in [1.29, 1.82) is 0 Å². The van der Waals surface area contributed by atoms with Crippen LogP contribution in [0.3, 0.4) is 0 Å². The minimum absolute atomic E-state index is 0.0145. The van der Waals surface area contributed by atoms with Crippen LogP contribution in [0, 0.1) is 0 Å². The number of ketones is 1. The molecule has 1 aliphatic rings. The molecule has 1 fully saturated rings. The monoisotopic (exact) mass is 424 g/mol. The van der Waals surface area contributed by atoms with Gasteiger partial charge in [-0.15, -0.1) is 0 Å². The fourth-order valence-corrected chi connectivity index (χ4v) is 4.77. The number of piperazine rings is 1. The SMILES string of the molecule is CCC(=O)/C=C/c1cccc(S(=O)(=O)N2CCN(C/C=C/c3ccccc3)CC2)c1. The number of allylic oxidation sites excluding steroid dienone is 1. The molecule has 0 amide bonds. The molecule has 0 N–H and O–H groups in total. The third-order valence-electron chi connectivity index (χ3n) is 5.11. The van der Waals surface area contributed by atoms with Crippen molar-refractivity contribution in [1.82, 2.24) is 9.21 Å². The molecule has 0 spiro atoms. The summed E-state index contributed by atoms with van der Waals surface area (Å²) in [6.07, 6.45) is 7.80. The molecular weight excluding hydrogens is 396 g/mol. The first-order chi connectivity index (χ1) is 14.5. The minimum atomic E-state index is -3.55. The molecule has 1 heterocycles. The minimum Gasteiger partial charge on any atom is -0.297 e. The Balaban J connectivity index is 1.58. The summed E-state index contributed by atoms with van der Waals surface area (Å²) in [4.78, 5) is 14.0. The van der Waals surface area contributed by atoms with E-state index < -0.39 is 10.0 Å². The molecule has 0 saturated carbocycles. The number of carbonyl (C=O) groups excluding carboxylic acids is 1. The first kappa shape index (κ1) is 22.2. The van der Waals surface area contributed by atoms with E-state index in [4.69, 9.17) is 0 Å². The van der Waals surface area contributed by atoms with Crippen molar-refractivity contribution in [2.75, 3.05) is 32.7 Å². The highest BCUT2D eigenvalue weighted by Gasteiger charge is 2.28. The van der Waals surface area contributed by atoms with Crippen molar-refractivity contribution < 1.29 is 13.2 Å². The molecule has 0 radical (unpaired) electrons. The lowest BCUT2D eigenvalue weighted by Gasteiger charge is -2.33. The Morgan fingerprint density at radius 2 is 1.63 bits per heavy atom. The summed E-state index contributed by atoms with van der Waals surface area (Å²) in [6.45, 7) is 4.93. The van der Waals surface area contributed by atoms with Gasteiger partial charge >= 0.3 is 0 Å². The maximum absolute atomic E-state index is 13.0. The standard InChI is InChI=1S/C24H28N2O3S/c1-2-23(27)14-13-22-10-6-12-24(20-22)30(28,29)26-18-16-25(17-19-26)15-7-11-21-8-4-3-5-9-21/h3-14,20H,2,15-19H2,1H3/b11-7+,14-13+. The molecule has 0 unspecified atom stereocenters. The van der Waals surface area contributed by atoms with Gasteiger partial charge in [-0.3, -0.25) is 9.69 Å². The molecule has 158 valence electrons. The van der Waals surface area contributed by atoms with Gasteiger partial charge in [-0.1, -0.05) is 67.6 Å². The van der Waals surface area contributed by atoms with Gasteiger partial charge in [0.15, 0.2) is 5.78 Å². The Morgan fingerprint density at radius 3 is 2.33 bits per heavy atom. The molecule has 0 atom stereocenters. The average molecular weight is 425 g/mol. The highest BCUT2D eigenvalue weighted by molar-refractivity contribution is 7.89. The molecule has 5 nitrogen and oxygen atoms in total. The number of benzene rings is 2. The Labute approximate surface area is 179 Å². The van der Waals surface area contributed by atoms with Crippen molar-refractivity contribution in [3.05, 3.63) is 77.9 Å². The molecule has 30 heavy (non-hydrogen) atoms. The number of hydrogen-bond donors (Lipinski definition) is 0. The highest BCUT2D eigenvalue weighted by Crippen LogP contribution is 2.19. The third kappa shape index (κ3) is 5.98. The van der Waals surface area contributed by atoms with Crippen molar-refractivity contribution in [3.63, 3.8) is 0 Å². The lowest BCUT2D eigenvalue weighted by Crippen LogP contribution is -2.48. The van der Waals surface area contributed by atoms with Crippen molar-refractivity contribution >= 4 is 28.0 Å². The van der Waals surface area contributed by atoms with E-state index in [9.17, 15) is 13.2 Å². The van der Waals surface area contributed by atoms with Gasteiger partial charge < -0.3 is 0 Å². The van der Waals surface area contributed by atoms with Gasteiger partial charge in [-0.25, -0.2) is 8.42 Å². The Morgan fingerprint density at radius 1 is 0.933 bits per heavy atom. The molecular formula is C24H28N2O3S. The second-order valence-electron chi connectivity index (χ2n) is 7.24. The Hall–Kier alpha value is -2.54. The lowest BCUT2D eigenvalue weighted by atomic mass is 10.2. The average Bonchev–Trinajstić information content (AvgIpc) is 2.78. The number of carbonyl (C=O) groups is 1. The van der Waals surface area contributed by atoms with Crippen LogP contribution < -0.4 is 0 Å². The zero-order valence-corrected chi connectivity index (χ0v) is 18.1. The number of rotatable bonds is 8. The van der Waals surface area contributed by atoms with Gasteiger partial charge in [0.25, 0.3) is 0 Å². The predicted molar refractivity (Wildman–Crippen MR) is 121 cm³/mol. The maximum Gasteiger partial charge on any atom is 0.243 e. The largest absolute Gasteiger partial charge is 0.297 e. The fraction of sp³-hybridized carbons (Fsp3) is 0.292. The van der Waals surface area contributed by atoms with E-state index in [-0.39, 0.29) is 10.7 Å². The van der Waals surface area contributed by atoms with Crippen LogP contribution in [0.5, 0.6) is 0 Å². The van der Waals surface area contributed by atoms with Crippen LogP contribution in [0.15, 0.2) is 71.6 Å². The molecule has 3 rings (SSSR count). The topological polar surface area (TPSA) is 57.7 Å². The Bertz CT molecular complexity index is 1010. The quantitative estimate of drug-likeness (QED) is 0.607. The fourth-order valence-electron chi connectivity index (χ4n) is 3.29. The number of sulfonamides is 1. The van der Waals surface area contributed by atoms with E-state index in [1.165, 1.54) is 6.08 Å². The van der Waals surface area contributed by atoms with E-state index in [0.717, 1.165) is 12.1 Å². The van der Waals surface area contributed by atoms with E-state index >= 15 is 0 Å². The van der Waals surface area contributed by atoms with E-state index in [2.05, 4.69) is 29.2 Å². The second-order valence-corrected chi connectivity index (χ2v) is 9.18. The summed E-state index contributed by atoms with van der Waals surface area (Å²) in [5, 5.41) is 0. The smallest absolute Gasteiger partial charge is 0.243 e. The highest BCUT2D eigenvalue weighted by atomic mass is 32.2. The van der Waals surface area contributed by atoms with E-state index in [0.29, 0.717) is 38.2 Å². The molecule has 0 aromatic heterocycles. The van der Waals surface area contributed by atoms with Crippen LogP contribution in [-0.2, 0) is 14.8 Å². The summed E-state index contributed by atoms with van der Waals surface area (Å²) < 4.78 is 27.6. The Kier molecular flexibility index (Phi) is 7.74. The first-order valence-electron chi connectivity index (χ1n) is 10.2. The first-order valence-corrected chi connectivity index (χ1v) is 11.7. The van der Waals surface area contributed by atoms with Crippen LogP contribution in [0.1, 0.15) is 24.5 Å².